The predicted molar refractivity (Wildman–Crippen MR) is 70.4 cm³/mol. The molecule has 0 bridgehead atoms. The van der Waals surface area contributed by atoms with Gasteiger partial charge in [0, 0.05) is 13.1 Å². The molecule has 1 rings (SSSR count). The third kappa shape index (κ3) is 4.17. The van der Waals surface area contributed by atoms with Crippen LogP contribution in [0.15, 0.2) is 18.2 Å². The lowest BCUT2D eigenvalue weighted by molar-refractivity contribution is -0.126. The SMILES string of the molecule is CNC(=O)NC(=O)C(C)Oc1cc(C#N)cc(OC)c1. The molecular formula is C13H15N3O4. The molecule has 0 fully saturated rings. The number of hydrogen-bond donors (Lipinski definition) is 2. The molecule has 0 aromatic heterocycles. The van der Waals surface area contributed by atoms with Crippen molar-refractivity contribution in [2.75, 3.05) is 14.2 Å². The maximum Gasteiger partial charge on any atom is 0.321 e. The van der Waals surface area contributed by atoms with E-state index in [2.05, 4.69) is 10.6 Å². The van der Waals surface area contributed by atoms with E-state index in [0.717, 1.165) is 0 Å². The summed E-state index contributed by atoms with van der Waals surface area (Å²) < 4.78 is 10.4. The third-order valence-corrected chi connectivity index (χ3v) is 2.39. The first kappa shape index (κ1) is 15.3. The van der Waals surface area contributed by atoms with Gasteiger partial charge in [0.25, 0.3) is 5.91 Å². The minimum Gasteiger partial charge on any atom is -0.497 e. The number of nitriles is 1. The number of hydrogen-bond acceptors (Lipinski definition) is 5. The van der Waals surface area contributed by atoms with Crippen LogP contribution in [0.2, 0.25) is 0 Å². The van der Waals surface area contributed by atoms with Crippen molar-refractivity contribution < 1.29 is 19.1 Å². The van der Waals surface area contributed by atoms with Gasteiger partial charge >= 0.3 is 6.03 Å². The molecule has 3 amide bonds. The predicted octanol–water partition coefficient (Wildman–Crippen LogP) is 0.790. The Labute approximate surface area is 116 Å². The van der Waals surface area contributed by atoms with Crippen molar-refractivity contribution in [3.63, 3.8) is 0 Å². The number of urea groups is 1. The van der Waals surface area contributed by atoms with Crippen molar-refractivity contribution in [1.82, 2.24) is 10.6 Å². The van der Waals surface area contributed by atoms with Gasteiger partial charge in [-0.25, -0.2) is 4.79 Å². The van der Waals surface area contributed by atoms with Crippen molar-refractivity contribution in [1.29, 1.82) is 5.26 Å². The first-order chi connectivity index (χ1) is 9.49. The van der Waals surface area contributed by atoms with Crippen LogP contribution in [0, 0.1) is 11.3 Å². The summed E-state index contributed by atoms with van der Waals surface area (Å²) in [4.78, 5) is 22.7. The molecule has 0 spiro atoms. The molecule has 0 heterocycles. The van der Waals surface area contributed by atoms with Gasteiger partial charge in [-0.3, -0.25) is 10.1 Å². The summed E-state index contributed by atoms with van der Waals surface area (Å²) in [6.45, 7) is 1.49. The lowest BCUT2D eigenvalue weighted by Crippen LogP contribution is -2.43. The van der Waals surface area contributed by atoms with Crippen LogP contribution in [-0.4, -0.2) is 32.2 Å². The third-order valence-electron chi connectivity index (χ3n) is 2.39. The van der Waals surface area contributed by atoms with E-state index in [-0.39, 0.29) is 0 Å². The van der Waals surface area contributed by atoms with Gasteiger partial charge in [0.05, 0.1) is 18.7 Å². The van der Waals surface area contributed by atoms with Crippen LogP contribution in [0.5, 0.6) is 11.5 Å². The van der Waals surface area contributed by atoms with E-state index in [1.54, 1.807) is 12.1 Å². The minimum atomic E-state index is -0.897. The van der Waals surface area contributed by atoms with Crippen LogP contribution in [0.25, 0.3) is 0 Å². The van der Waals surface area contributed by atoms with Gasteiger partial charge in [-0.2, -0.15) is 5.26 Å². The summed E-state index contributed by atoms with van der Waals surface area (Å²) in [5.74, 6) is 0.157. The van der Waals surface area contributed by atoms with Crippen molar-refractivity contribution in [3.05, 3.63) is 23.8 Å². The number of nitrogens with zero attached hydrogens (tertiary/aromatic N) is 1. The fourth-order valence-electron chi connectivity index (χ4n) is 1.36. The molecule has 7 nitrogen and oxygen atoms in total. The number of rotatable bonds is 4. The standard InChI is InChI=1S/C13H15N3O4/c1-8(12(17)16-13(18)15-2)20-11-5-9(7-14)4-10(6-11)19-3/h4-6,8H,1-3H3,(H2,15,16,17,18). The molecule has 0 aliphatic heterocycles. The van der Waals surface area contributed by atoms with Crippen LogP contribution in [0.4, 0.5) is 4.79 Å². The molecule has 0 radical (unpaired) electrons. The summed E-state index contributed by atoms with van der Waals surface area (Å²) in [5, 5.41) is 13.2. The Morgan fingerprint density at radius 2 is 1.95 bits per heavy atom. The molecule has 0 aliphatic rings. The molecule has 2 N–H and O–H groups in total. The molecular weight excluding hydrogens is 262 g/mol. The van der Waals surface area contributed by atoms with Crippen molar-refractivity contribution >= 4 is 11.9 Å². The molecule has 1 atom stereocenters. The van der Waals surface area contributed by atoms with Crippen LogP contribution in [0.1, 0.15) is 12.5 Å². The van der Waals surface area contributed by atoms with Gasteiger partial charge in [0.2, 0.25) is 0 Å². The summed E-state index contributed by atoms with van der Waals surface area (Å²) in [5.41, 5.74) is 0.346. The first-order valence-corrected chi connectivity index (χ1v) is 5.78. The maximum absolute atomic E-state index is 11.6. The fourth-order valence-corrected chi connectivity index (χ4v) is 1.36. The van der Waals surface area contributed by atoms with E-state index in [1.165, 1.54) is 27.1 Å². The fraction of sp³-hybridized carbons (Fsp3) is 0.308. The Bertz CT molecular complexity index is 551. The summed E-state index contributed by atoms with van der Waals surface area (Å²) in [6.07, 6.45) is -0.897. The monoisotopic (exact) mass is 277 g/mol. The van der Waals surface area contributed by atoms with Crippen LogP contribution in [-0.2, 0) is 4.79 Å². The Kier molecular flexibility index (Phi) is 5.35. The second-order valence-electron chi connectivity index (χ2n) is 3.84. The van der Waals surface area contributed by atoms with E-state index < -0.39 is 18.0 Å². The zero-order valence-electron chi connectivity index (χ0n) is 11.4. The second-order valence-corrected chi connectivity index (χ2v) is 3.84. The quantitative estimate of drug-likeness (QED) is 0.847. The van der Waals surface area contributed by atoms with Gasteiger partial charge in [0.1, 0.15) is 11.5 Å². The summed E-state index contributed by atoms with van der Waals surface area (Å²) >= 11 is 0. The minimum absolute atomic E-state index is 0.306. The Morgan fingerprint density at radius 1 is 1.30 bits per heavy atom. The van der Waals surface area contributed by atoms with Gasteiger partial charge < -0.3 is 14.8 Å². The number of imide groups is 1. The highest BCUT2D eigenvalue weighted by Gasteiger charge is 2.17. The van der Waals surface area contributed by atoms with Gasteiger partial charge in [-0.1, -0.05) is 0 Å². The highest BCUT2D eigenvalue weighted by Crippen LogP contribution is 2.23. The van der Waals surface area contributed by atoms with Gasteiger partial charge in [0.15, 0.2) is 6.10 Å². The molecule has 106 valence electrons. The summed E-state index contributed by atoms with van der Waals surface area (Å²) in [7, 11) is 2.86. The molecule has 0 aliphatic carbocycles. The van der Waals surface area contributed by atoms with E-state index in [0.29, 0.717) is 17.1 Å². The zero-order valence-corrected chi connectivity index (χ0v) is 11.4. The summed E-state index contributed by atoms with van der Waals surface area (Å²) in [6, 6.07) is 5.91. The largest absolute Gasteiger partial charge is 0.497 e. The maximum atomic E-state index is 11.6. The zero-order chi connectivity index (χ0) is 15.1. The smallest absolute Gasteiger partial charge is 0.321 e. The number of methoxy groups -OCH3 is 1. The molecule has 1 aromatic rings. The lowest BCUT2D eigenvalue weighted by Gasteiger charge is -2.14. The second kappa shape index (κ2) is 6.99. The van der Waals surface area contributed by atoms with E-state index in [4.69, 9.17) is 14.7 Å². The molecule has 20 heavy (non-hydrogen) atoms. The van der Waals surface area contributed by atoms with Gasteiger partial charge in [-0.05, 0) is 19.1 Å². The van der Waals surface area contributed by atoms with Crippen LogP contribution >= 0.6 is 0 Å². The topological polar surface area (TPSA) is 100 Å². The average molecular weight is 277 g/mol. The lowest BCUT2D eigenvalue weighted by atomic mass is 10.2. The molecule has 1 unspecified atom stereocenters. The van der Waals surface area contributed by atoms with Crippen LogP contribution in [0.3, 0.4) is 0 Å². The van der Waals surface area contributed by atoms with Crippen LogP contribution < -0.4 is 20.1 Å². The highest BCUT2D eigenvalue weighted by molar-refractivity contribution is 5.96. The van der Waals surface area contributed by atoms with E-state index in [1.807, 2.05) is 6.07 Å². The Balaban J connectivity index is 2.80. The Morgan fingerprint density at radius 3 is 2.50 bits per heavy atom. The normalized spacial score (nSPS) is 10.9. The van der Waals surface area contributed by atoms with E-state index >= 15 is 0 Å². The first-order valence-electron chi connectivity index (χ1n) is 5.78. The number of benzene rings is 1. The average Bonchev–Trinajstić information content (AvgIpc) is 2.46. The van der Waals surface area contributed by atoms with Gasteiger partial charge in [-0.15, -0.1) is 0 Å². The van der Waals surface area contributed by atoms with Crippen molar-refractivity contribution in [2.45, 2.75) is 13.0 Å². The number of ether oxygens (including phenoxy) is 2. The molecule has 1 aromatic carbocycles. The number of carbonyl (C=O) groups excluding carboxylic acids is 2. The number of carbonyl (C=O) groups is 2. The number of nitrogens with one attached hydrogen (secondary N) is 2. The Hall–Kier alpha value is -2.75. The molecule has 0 saturated carbocycles. The molecule has 7 heteroatoms. The highest BCUT2D eigenvalue weighted by atomic mass is 16.5. The van der Waals surface area contributed by atoms with E-state index in [9.17, 15) is 9.59 Å². The van der Waals surface area contributed by atoms with Crippen molar-refractivity contribution in [3.8, 4) is 17.6 Å². The molecule has 0 saturated heterocycles. The number of amides is 3. The van der Waals surface area contributed by atoms with Crippen molar-refractivity contribution in [2.24, 2.45) is 0 Å².